The van der Waals surface area contributed by atoms with Crippen LogP contribution in [0.15, 0.2) is 48.6 Å². The lowest BCUT2D eigenvalue weighted by Crippen LogP contribution is -2.06. The van der Waals surface area contributed by atoms with Crippen LogP contribution in [0.25, 0.3) is 0 Å². The van der Waals surface area contributed by atoms with Gasteiger partial charge in [-0.05, 0) is 44.9 Å². The molecule has 5 nitrogen and oxygen atoms in total. The predicted molar refractivity (Wildman–Crippen MR) is 99.4 cm³/mol. The molecule has 0 amide bonds. The summed E-state index contributed by atoms with van der Waals surface area (Å²) in [4.78, 5) is 20.7. The molecule has 0 saturated heterocycles. The van der Waals surface area contributed by atoms with E-state index in [1.165, 1.54) is 0 Å². The highest BCUT2D eigenvalue weighted by atomic mass is 16.4. The van der Waals surface area contributed by atoms with Gasteiger partial charge in [0.1, 0.15) is 0 Å². The molecule has 25 heavy (non-hydrogen) atoms. The van der Waals surface area contributed by atoms with Crippen LogP contribution in [0.1, 0.15) is 57.8 Å². The number of carbonyl (C=O) groups is 2. The summed E-state index contributed by atoms with van der Waals surface area (Å²) >= 11 is 0. The zero-order valence-corrected chi connectivity index (χ0v) is 14.7. The standard InChI is InChI=1S/C20H30O5/c21-18(15-13-17-20(24)25)14-11-9-7-5-3-1-2-4-6-8-10-12-16-19(22)23/h1,3-7,9,11,18,21H,2,8,10,12-17H2,(H,22,23)(H,24,25). The van der Waals surface area contributed by atoms with Gasteiger partial charge >= 0.3 is 11.9 Å². The van der Waals surface area contributed by atoms with Crippen molar-refractivity contribution in [3.05, 3.63) is 48.6 Å². The molecule has 0 saturated carbocycles. The van der Waals surface area contributed by atoms with Gasteiger partial charge in [-0.15, -0.1) is 0 Å². The summed E-state index contributed by atoms with van der Waals surface area (Å²) < 4.78 is 0. The van der Waals surface area contributed by atoms with E-state index in [1.54, 1.807) is 0 Å². The molecule has 0 aromatic carbocycles. The van der Waals surface area contributed by atoms with Gasteiger partial charge in [-0.25, -0.2) is 0 Å². The van der Waals surface area contributed by atoms with E-state index in [-0.39, 0.29) is 12.8 Å². The number of aliphatic hydroxyl groups excluding tert-OH is 1. The van der Waals surface area contributed by atoms with E-state index in [0.29, 0.717) is 19.3 Å². The summed E-state index contributed by atoms with van der Waals surface area (Å²) in [6.45, 7) is 0. The second kappa shape index (κ2) is 16.7. The molecule has 0 fully saturated rings. The highest BCUT2D eigenvalue weighted by molar-refractivity contribution is 5.66. The van der Waals surface area contributed by atoms with Gasteiger partial charge in [0.2, 0.25) is 0 Å². The molecule has 0 aliphatic heterocycles. The van der Waals surface area contributed by atoms with E-state index in [1.807, 2.05) is 36.5 Å². The summed E-state index contributed by atoms with van der Waals surface area (Å²) in [6.07, 6.45) is 20.4. The van der Waals surface area contributed by atoms with Crippen molar-refractivity contribution in [3.8, 4) is 0 Å². The van der Waals surface area contributed by atoms with Gasteiger partial charge in [0.15, 0.2) is 0 Å². The molecule has 1 unspecified atom stereocenters. The smallest absolute Gasteiger partial charge is 0.303 e. The molecule has 1 atom stereocenters. The Morgan fingerprint density at radius 1 is 0.760 bits per heavy atom. The number of unbranched alkanes of at least 4 members (excludes halogenated alkanes) is 2. The van der Waals surface area contributed by atoms with Crippen LogP contribution < -0.4 is 0 Å². The van der Waals surface area contributed by atoms with E-state index in [2.05, 4.69) is 12.2 Å². The zero-order valence-electron chi connectivity index (χ0n) is 14.7. The van der Waals surface area contributed by atoms with E-state index in [4.69, 9.17) is 10.2 Å². The van der Waals surface area contributed by atoms with Crippen molar-refractivity contribution in [2.45, 2.75) is 63.9 Å². The molecule has 0 rings (SSSR count). The lowest BCUT2D eigenvalue weighted by Gasteiger charge is -2.05. The van der Waals surface area contributed by atoms with E-state index in [0.717, 1.165) is 25.7 Å². The van der Waals surface area contributed by atoms with Crippen molar-refractivity contribution in [1.29, 1.82) is 0 Å². The number of carboxylic acids is 2. The topological polar surface area (TPSA) is 94.8 Å². The third-order valence-electron chi connectivity index (χ3n) is 3.39. The summed E-state index contributed by atoms with van der Waals surface area (Å²) in [6, 6.07) is 0. The molecule has 0 spiro atoms. The average molecular weight is 350 g/mol. The van der Waals surface area contributed by atoms with Crippen LogP contribution in [0, 0.1) is 0 Å². The van der Waals surface area contributed by atoms with Crippen LogP contribution in [-0.2, 0) is 9.59 Å². The molecule has 0 aromatic heterocycles. The van der Waals surface area contributed by atoms with Crippen molar-refractivity contribution in [3.63, 3.8) is 0 Å². The van der Waals surface area contributed by atoms with Gasteiger partial charge in [0.05, 0.1) is 6.10 Å². The molecule has 0 bridgehead atoms. The minimum Gasteiger partial charge on any atom is -0.481 e. The third-order valence-corrected chi connectivity index (χ3v) is 3.39. The Morgan fingerprint density at radius 2 is 1.40 bits per heavy atom. The molecule has 0 aliphatic carbocycles. The largest absolute Gasteiger partial charge is 0.481 e. The minimum atomic E-state index is -0.828. The number of hydrogen-bond acceptors (Lipinski definition) is 3. The Kier molecular flexibility index (Phi) is 15.3. The maximum Gasteiger partial charge on any atom is 0.303 e. The molecular formula is C20H30O5. The van der Waals surface area contributed by atoms with Crippen molar-refractivity contribution in [1.82, 2.24) is 0 Å². The Morgan fingerprint density at radius 3 is 2.08 bits per heavy atom. The number of carboxylic acid groups (broad SMARTS) is 2. The lowest BCUT2D eigenvalue weighted by molar-refractivity contribution is -0.138. The molecule has 140 valence electrons. The molecule has 5 heteroatoms. The van der Waals surface area contributed by atoms with Crippen LogP contribution in [0.4, 0.5) is 0 Å². The van der Waals surface area contributed by atoms with Crippen LogP contribution >= 0.6 is 0 Å². The summed E-state index contributed by atoms with van der Waals surface area (Å²) in [5.41, 5.74) is 0. The fourth-order valence-electron chi connectivity index (χ4n) is 2.04. The first-order chi connectivity index (χ1) is 12.0. The van der Waals surface area contributed by atoms with Gasteiger partial charge < -0.3 is 15.3 Å². The van der Waals surface area contributed by atoms with Crippen molar-refractivity contribution < 1.29 is 24.9 Å². The maximum absolute atomic E-state index is 10.4. The van der Waals surface area contributed by atoms with Crippen molar-refractivity contribution in [2.24, 2.45) is 0 Å². The highest BCUT2D eigenvalue weighted by Crippen LogP contribution is 2.05. The molecular weight excluding hydrogens is 320 g/mol. The number of allylic oxidation sites excluding steroid dienone is 7. The molecule has 0 radical (unpaired) electrons. The summed E-state index contributed by atoms with van der Waals surface area (Å²) in [5.74, 6) is -1.56. The normalized spacial score (nSPS) is 13.5. The first-order valence-electron chi connectivity index (χ1n) is 8.77. The first-order valence-corrected chi connectivity index (χ1v) is 8.77. The van der Waals surface area contributed by atoms with Crippen molar-refractivity contribution >= 4 is 11.9 Å². The van der Waals surface area contributed by atoms with E-state index < -0.39 is 18.0 Å². The Labute approximate surface area is 150 Å². The van der Waals surface area contributed by atoms with E-state index >= 15 is 0 Å². The third kappa shape index (κ3) is 19.8. The number of hydrogen-bond donors (Lipinski definition) is 3. The SMILES string of the molecule is O=C(O)CCCCC=CCC=CC=CC=CCC(O)CCCC(=O)O. The Balaban J connectivity index is 3.61. The highest BCUT2D eigenvalue weighted by Gasteiger charge is 2.03. The summed E-state index contributed by atoms with van der Waals surface area (Å²) in [5, 5.41) is 26.7. The van der Waals surface area contributed by atoms with Crippen LogP contribution in [0.3, 0.4) is 0 Å². The molecule has 3 N–H and O–H groups in total. The van der Waals surface area contributed by atoms with Crippen LogP contribution in [0.5, 0.6) is 0 Å². The van der Waals surface area contributed by atoms with E-state index in [9.17, 15) is 14.7 Å². The van der Waals surface area contributed by atoms with Crippen molar-refractivity contribution in [2.75, 3.05) is 0 Å². The number of aliphatic carboxylic acids is 2. The maximum atomic E-state index is 10.4. The second-order valence-electron chi connectivity index (χ2n) is 5.76. The fraction of sp³-hybridized carbons (Fsp3) is 0.500. The van der Waals surface area contributed by atoms with Crippen LogP contribution in [-0.4, -0.2) is 33.4 Å². The van der Waals surface area contributed by atoms with Gasteiger partial charge in [0, 0.05) is 12.8 Å². The minimum absolute atomic E-state index is 0.0995. The van der Waals surface area contributed by atoms with Gasteiger partial charge in [-0.2, -0.15) is 0 Å². The Hall–Kier alpha value is -2.14. The van der Waals surface area contributed by atoms with Crippen LogP contribution in [0.2, 0.25) is 0 Å². The van der Waals surface area contributed by atoms with Gasteiger partial charge in [-0.3, -0.25) is 9.59 Å². The zero-order chi connectivity index (χ0) is 18.8. The number of rotatable bonds is 15. The number of aliphatic hydroxyl groups is 1. The average Bonchev–Trinajstić information content (AvgIpc) is 2.54. The fourth-order valence-corrected chi connectivity index (χ4v) is 2.04. The predicted octanol–water partition coefficient (Wildman–Crippen LogP) is 4.25. The Bertz CT molecular complexity index is 474. The molecule has 0 aliphatic rings. The first kappa shape index (κ1) is 22.9. The lowest BCUT2D eigenvalue weighted by atomic mass is 10.1. The summed E-state index contributed by atoms with van der Waals surface area (Å²) in [7, 11) is 0. The van der Waals surface area contributed by atoms with Gasteiger partial charge in [-0.1, -0.05) is 48.6 Å². The second-order valence-corrected chi connectivity index (χ2v) is 5.76. The quantitative estimate of drug-likeness (QED) is 0.233. The monoisotopic (exact) mass is 350 g/mol. The molecule has 0 heterocycles. The molecule has 0 aromatic rings. The van der Waals surface area contributed by atoms with Gasteiger partial charge in [0.25, 0.3) is 0 Å².